The summed E-state index contributed by atoms with van der Waals surface area (Å²) in [5, 5.41) is 22.4. The first-order valence-corrected chi connectivity index (χ1v) is 10.0. The van der Waals surface area contributed by atoms with Crippen LogP contribution in [0, 0.1) is 0 Å². The largest absolute Gasteiger partial charge is 0.394 e. The summed E-state index contributed by atoms with van der Waals surface area (Å²) in [6.07, 6.45) is 0.763. The second kappa shape index (κ2) is 9.67. The minimum Gasteiger partial charge on any atom is -0.394 e. The molecule has 0 aliphatic heterocycles. The van der Waals surface area contributed by atoms with Gasteiger partial charge in [0.15, 0.2) is 0 Å². The van der Waals surface area contributed by atoms with Crippen LogP contribution in [0.3, 0.4) is 0 Å². The van der Waals surface area contributed by atoms with E-state index in [0.29, 0.717) is 12.1 Å². The number of benzene rings is 3. The molecule has 0 heterocycles. The van der Waals surface area contributed by atoms with E-state index < -0.39 is 24.2 Å². The molecule has 5 nitrogen and oxygen atoms in total. The number of nitrogens with one attached hydrogen (secondary N) is 1. The second-order valence-corrected chi connectivity index (χ2v) is 7.77. The molecular weight excluding hydrogens is 376 g/mol. The van der Waals surface area contributed by atoms with Crippen molar-refractivity contribution >= 4 is 11.6 Å². The summed E-state index contributed by atoms with van der Waals surface area (Å²) in [4.78, 5) is 12.0. The summed E-state index contributed by atoms with van der Waals surface area (Å²) in [6.45, 7) is 1.02. The number of anilines is 1. The minimum absolute atomic E-state index is 0.443. The van der Waals surface area contributed by atoms with Gasteiger partial charge in [0.25, 0.3) is 0 Å². The smallest absolute Gasteiger partial charge is 0.246 e. The van der Waals surface area contributed by atoms with Crippen LogP contribution >= 0.6 is 0 Å². The Morgan fingerprint density at radius 3 is 2.17 bits per heavy atom. The molecular formula is C25H28N2O3. The minimum atomic E-state index is -1.34. The molecule has 5 heteroatoms. The van der Waals surface area contributed by atoms with Crippen molar-refractivity contribution in [3.05, 3.63) is 90.0 Å². The highest BCUT2D eigenvalue weighted by molar-refractivity contribution is 5.97. The Bertz CT molecular complexity index is 952. The summed E-state index contributed by atoms with van der Waals surface area (Å²) in [5.74, 6) is -0.461. The summed E-state index contributed by atoms with van der Waals surface area (Å²) in [6, 6.07) is 25.6. The molecule has 0 aliphatic rings. The molecule has 2 atom stereocenters. The summed E-state index contributed by atoms with van der Waals surface area (Å²) in [7, 11) is 0. The number of carbonyl (C=O) groups is 1. The average Bonchev–Trinajstić information content (AvgIpc) is 2.79. The summed E-state index contributed by atoms with van der Waals surface area (Å²) < 4.78 is 0. The van der Waals surface area contributed by atoms with Crippen molar-refractivity contribution in [3.8, 4) is 11.1 Å². The van der Waals surface area contributed by atoms with E-state index in [1.54, 1.807) is 24.3 Å². The van der Waals surface area contributed by atoms with Crippen molar-refractivity contribution < 1.29 is 15.0 Å². The molecule has 30 heavy (non-hydrogen) atoms. The Labute approximate surface area is 177 Å². The van der Waals surface area contributed by atoms with Crippen molar-refractivity contribution in [2.24, 2.45) is 5.73 Å². The maximum absolute atomic E-state index is 12.0. The van der Waals surface area contributed by atoms with Crippen molar-refractivity contribution in [2.45, 2.75) is 31.4 Å². The Morgan fingerprint density at radius 2 is 1.57 bits per heavy atom. The molecule has 5 N–H and O–H groups in total. The average molecular weight is 405 g/mol. The highest BCUT2D eigenvalue weighted by Gasteiger charge is 2.27. The molecule has 0 aliphatic carbocycles. The lowest BCUT2D eigenvalue weighted by Gasteiger charge is -2.20. The van der Waals surface area contributed by atoms with Gasteiger partial charge in [0, 0.05) is 5.69 Å². The lowest BCUT2D eigenvalue weighted by atomic mass is 9.99. The molecule has 0 spiro atoms. The van der Waals surface area contributed by atoms with E-state index in [-0.39, 0.29) is 0 Å². The molecule has 0 aromatic heterocycles. The zero-order valence-electron chi connectivity index (χ0n) is 17.1. The topological polar surface area (TPSA) is 95.6 Å². The lowest BCUT2D eigenvalue weighted by Crippen LogP contribution is -2.51. The summed E-state index contributed by atoms with van der Waals surface area (Å²) >= 11 is 0. The fourth-order valence-electron chi connectivity index (χ4n) is 3.10. The van der Waals surface area contributed by atoms with Crippen LogP contribution in [0.15, 0.2) is 78.9 Å². The molecule has 0 radical (unpaired) electrons. The van der Waals surface area contributed by atoms with Gasteiger partial charge in [-0.25, -0.2) is 0 Å². The molecule has 3 aromatic rings. The first-order chi connectivity index (χ1) is 14.4. The fraction of sp³-hybridized carbons (Fsp3) is 0.240. The van der Waals surface area contributed by atoms with Gasteiger partial charge >= 0.3 is 0 Å². The number of hydrogen-bond acceptors (Lipinski definition) is 4. The van der Waals surface area contributed by atoms with E-state index >= 15 is 0 Å². The number of aliphatic hydroxyl groups excluding tert-OH is 2. The zero-order valence-corrected chi connectivity index (χ0v) is 17.1. The number of carbonyl (C=O) groups excluding carboxylic acids is 1. The predicted octanol–water partition coefficient (Wildman–Crippen LogP) is 3.67. The Kier molecular flexibility index (Phi) is 7.00. The van der Waals surface area contributed by atoms with E-state index in [2.05, 4.69) is 41.7 Å². The van der Waals surface area contributed by atoms with Crippen LogP contribution in [0.25, 0.3) is 11.1 Å². The Morgan fingerprint density at radius 1 is 0.967 bits per heavy atom. The van der Waals surface area contributed by atoms with E-state index in [4.69, 9.17) is 10.8 Å². The van der Waals surface area contributed by atoms with E-state index in [9.17, 15) is 9.90 Å². The van der Waals surface area contributed by atoms with E-state index in [0.717, 1.165) is 12.0 Å². The molecule has 1 amide bonds. The number of amides is 1. The van der Waals surface area contributed by atoms with Gasteiger partial charge in [-0.2, -0.15) is 0 Å². The maximum atomic E-state index is 12.0. The third kappa shape index (κ3) is 5.54. The van der Waals surface area contributed by atoms with Gasteiger partial charge < -0.3 is 21.3 Å². The van der Waals surface area contributed by atoms with Gasteiger partial charge in [-0.1, -0.05) is 66.7 Å². The predicted molar refractivity (Wildman–Crippen MR) is 120 cm³/mol. The quantitative estimate of drug-likeness (QED) is 0.461. The van der Waals surface area contributed by atoms with Crippen molar-refractivity contribution in [1.29, 1.82) is 0 Å². The molecule has 0 saturated carbocycles. The number of aryl methyl sites for hydroxylation is 1. The van der Waals surface area contributed by atoms with Gasteiger partial charge in [-0.3, -0.25) is 4.79 Å². The summed E-state index contributed by atoms with van der Waals surface area (Å²) in [5.41, 5.74) is 9.26. The first-order valence-electron chi connectivity index (χ1n) is 10.0. The van der Waals surface area contributed by atoms with Crippen LogP contribution in [-0.2, 0) is 11.2 Å². The van der Waals surface area contributed by atoms with Gasteiger partial charge in [0.05, 0.1) is 12.7 Å². The normalized spacial score (nSPS) is 14.0. The number of nitrogens with two attached hydrogens (primary N) is 1. The molecule has 3 aromatic carbocycles. The van der Waals surface area contributed by atoms with Gasteiger partial charge in [-0.15, -0.1) is 0 Å². The number of aliphatic hydroxyl groups is 2. The van der Waals surface area contributed by atoms with Crippen LogP contribution in [0.4, 0.5) is 5.69 Å². The lowest BCUT2D eigenvalue weighted by molar-refractivity contribution is -0.121. The first kappa shape index (κ1) is 21.7. The van der Waals surface area contributed by atoms with Crippen molar-refractivity contribution in [2.75, 3.05) is 11.9 Å². The molecule has 3 rings (SSSR count). The standard InChI is InChI=1S/C25H28N2O3/c1-25(26,17-28)24(30)27-22-14-12-21(13-15-22)23(29)16-9-18-7-10-20(11-8-18)19-5-3-2-4-6-19/h2-8,10-15,23,28-29H,9,16-17,26H2,1H3,(H,27,30)/t23-,25?/m0/s1. The van der Waals surface area contributed by atoms with Crippen LogP contribution in [0.1, 0.15) is 30.6 Å². The fourth-order valence-corrected chi connectivity index (χ4v) is 3.10. The monoisotopic (exact) mass is 404 g/mol. The molecule has 0 bridgehead atoms. The van der Waals surface area contributed by atoms with Crippen LogP contribution < -0.4 is 11.1 Å². The molecule has 0 fully saturated rings. The Balaban J connectivity index is 1.55. The second-order valence-electron chi connectivity index (χ2n) is 7.77. The van der Waals surface area contributed by atoms with Crippen LogP contribution in [0.2, 0.25) is 0 Å². The van der Waals surface area contributed by atoms with Gasteiger partial charge in [-0.05, 0) is 54.2 Å². The highest BCUT2D eigenvalue weighted by atomic mass is 16.3. The third-order valence-electron chi connectivity index (χ3n) is 5.17. The zero-order chi connectivity index (χ0) is 21.6. The SMILES string of the molecule is CC(N)(CO)C(=O)Nc1ccc([C@@H](O)CCc2ccc(-c3ccccc3)cc2)cc1. The van der Waals surface area contributed by atoms with Gasteiger partial charge in [0.2, 0.25) is 5.91 Å². The van der Waals surface area contributed by atoms with E-state index in [1.165, 1.54) is 23.6 Å². The number of rotatable bonds is 8. The van der Waals surface area contributed by atoms with Crippen molar-refractivity contribution in [3.63, 3.8) is 0 Å². The molecule has 0 saturated heterocycles. The van der Waals surface area contributed by atoms with Gasteiger partial charge in [0.1, 0.15) is 5.54 Å². The van der Waals surface area contributed by atoms with Crippen LogP contribution in [-0.4, -0.2) is 28.3 Å². The highest BCUT2D eigenvalue weighted by Crippen LogP contribution is 2.23. The van der Waals surface area contributed by atoms with Crippen molar-refractivity contribution in [1.82, 2.24) is 0 Å². The van der Waals surface area contributed by atoms with Crippen LogP contribution in [0.5, 0.6) is 0 Å². The van der Waals surface area contributed by atoms with E-state index in [1.807, 2.05) is 18.2 Å². The molecule has 156 valence electrons. The number of hydrogen-bond donors (Lipinski definition) is 4. The third-order valence-corrected chi connectivity index (χ3v) is 5.17. The maximum Gasteiger partial charge on any atom is 0.246 e. The Hall–Kier alpha value is -2.99. The molecule has 1 unspecified atom stereocenters.